The molecule has 2 fully saturated rings. The van der Waals surface area contributed by atoms with Crippen molar-refractivity contribution in [1.82, 2.24) is 4.90 Å². The van der Waals surface area contributed by atoms with Gasteiger partial charge in [0.1, 0.15) is 13.2 Å². The highest BCUT2D eigenvalue weighted by molar-refractivity contribution is 5.99. The Labute approximate surface area is 147 Å². The number of ether oxygens (including phenoxy) is 2. The molecule has 3 unspecified atom stereocenters. The first-order valence-electron chi connectivity index (χ1n) is 9.11. The van der Waals surface area contributed by atoms with Crippen LogP contribution in [-0.4, -0.2) is 43.0 Å². The van der Waals surface area contributed by atoms with Gasteiger partial charge in [-0.15, -0.1) is 0 Å². The minimum Gasteiger partial charge on any atom is -0.486 e. The minimum atomic E-state index is -0.210. The van der Waals surface area contributed by atoms with Crippen LogP contribution in [0.25, 0.3) is 0 Å². The maximum Gasteiger partial charge on any atom is 0.228 e. The van der Waals surface area contributed by atoms with Gasteiger partial charge in [0, 0.05) is 24.8 Å². The summed E-state index contributed by atoms with van der Waals surface area (Å²) in [4.78, 5) is 27.0. The van der Waals surface area contributed by atoms with Crippen LogP contribution in [0.2, 0.25) is 0 Å². The molecule has 4 rings (SSSR count). The van der Waals surface area contributed by atoms with E-state index < -0.39 is 0 Å². The number of nitrogens with zero attached hydrogens (tertiary/aromatic N) is 1. The summed E-state index contributed by atoms with van der Waals surface area (Å²) in [5.41, 5.74) is 0.680. The van der Waals surface area contributed by atoms with E-state index >= 15 is 0 Å². The normalized spacial score (nSPS) is 27.6. The number of benzene rings is 1. The zero-order valence-electron chi connectivity index (χ0n) is 14.5. The second kappa shape index (κ2) is 6.58. The maximum atomic E-state index is 12.6. The molecule has 3 aliphatic rings. The summed E-state index contributed by atoms with van der Waals surface area (Å²) < 4.78 is 11.0. The number of fused-ring (bicyclic) bond motifs is 1. The van der Waals surface area contributed by atoms with Crippen LogP contribution in [0.4, 0.5) is 5.69 Å². The fourth-order valence-electron chi connectivity index (χ4n) is 3.74. The third-order valence-corrected chi connectivity index (χ3v) is 5.22. The fourth-order valence-corrected chi connectivity index (χ4v) is 3.74. The van der Waals surface area contributed by atoms with Gasteiger partial charge in [0.2, 0.25) is 11.8 Å². The van der Waals surface area contributed by atoms with E-state index in [-0.39, 0.29) is 23.7 Å². The molecule has 0 bridgehead atoms. The number of rotatable bonds is 3. The lowest BCUT2D eigenvalue weighted by Gasteiger charge is -2.31. The van der Waals surface area contributed by atoms with Gasteiger partial charge < -0.3 is 19.7 Å². The van der Waals surface area contributed by atoms with E-state index in [1.165, 1.54) is 6.42 Å². The average molecular weight is 344 g/mol. The molecule has 6 heteroatoms. The van der Waals surface area contributed by atoms with Crippen LogP contribution in [-0.2, 0) is 9.59 Å². The standard InChI is InChI=1S/C19H24N2O4/c1-12-3-2-6-21(11-12)19(23)15-10-14(15)18(22)20-13-4-5-16-17(9-13)25-8-7-24-16/h4-5,9,12,14-15H,2-3,6-8,10-11H2,1H3,(H,20,22). The number of hydrogen-bond donors (Lipinski definition) is 1. The van der Waals surface area contributed by atoms with Gasteiger partial charge in [-0.2, -0.15) is 0 Å². The van der Waals surface area contributed by atoms with Gasteiger partial charge in [-0.1, -0.05) is 6.92 Å². The molecule has 2 amide bonds. The Bertz CT molecular complexity index is 690. The summed E-state index contributed by atoms with van der Waals surface area (Å²) in [6.07, 6.45) is 2.90. The molecule has 3 atom stereocenters. The number of carbonyl (C=O) groups excluding carboxylic acids is 2. The van der Waals surface area contributed by atoms with Crippen LogP contribution in [0.3, 0.4) is 0 Å². The Morgan fingerprint density at radius 2 is 1.96 bits per heavy atom. The van der Waals surface area contributed by atoms with E-state index in [1.807, 2.05) is 4.90 Å². The first kappa shape index (κ1) is 16.2. The smallest absolute Gasteiger partial charge is 0.228 e. The van der Waals surface area contributed by atoms with Crippen molar-refractivity contribution >= 4 is 17.5 Å². The van der Waals surface area contributed by atoms with Crippen molar-refractivity contribution in [3.05, 3.63) is 18.2 Å². The summed E-state index contributed by atoms with van der Waals surface area (Å²) in [6.45, 7) is 4.89. The van der Waals surface area contributed by atoms with Gasteiger partial charge in [0.15, 0.2) is 11.5 Å². The zero-order valence-corrected chi connectivity index (χ0v) is 14.5. The van der Waals surface area contributed by atoms with Gasteiger partial charge in [0.05, 0.1) is 11.8 Å². The average Bonchev–Trinajstić information content (AvgIpc) is 3.42. The summed E-state index contributed by atoms with van der Waals surface area (Å²) in [6, 6.07) is 5.38. The molecule has 0 radical (unpaired) electrons. The summed E-state index contributed by atoms with van der Waals surface area (Å²) in [5.74, 6) is 1.61. The first-order chi connectivity index (χ1) is 12.1. The molecule has 0 aromatic heterocycles. The SMILES string of the molecule is CC1CCCN(C(=O)C2CC2C(=O)Nc2ccc3c(c2)OCCO3)C1. The predicted octanol–water partition coefficient (Wildman–Crippen LogP) is 2.29. The molecule has 1 N–H and O–H groups in total. The van der Waals surface area contributed by atoms with E-state index in [9.17, 15) is 9.59 Å². The fraction of sp³-hybridized carbons (Fsp3) is 0.579. The van der Waals surface area contributed by atoms with Crippen molar-refractivity contribution in [1.29, 1.82) is 0 Å². The maximum absolute atomic E-state index is 12.6. The van der Waals surface area contributed by atoms with E-state index in [0.717, 1.165) is 19.5 Å². The van der Waals surface area contributed by atoms with E-state index in [0.29, 0.717) is 42.7 Å². The number of likely N-dealkylation sites (tertiary alicyclic amines) is 1. The molecule has 2 aliphatic heterocycles. The van der Waals surface area contributed by atoms with Crippen LogP contribution in [0.5, 0.6) is 11.5 Å². The molecule has 25 heavy (non-hydrogen) atoms. The van der Waals surface area contributed by atoms with Crippen molar-refractivity contribution in [3.8, 4) is 11.5 Å². The van der Waals surface area contributed by atoms with Gasteiger partial charge in [-0.25, -0.2) is 0 Å². The third kappa shape index (κ3) is 3.43. The van der Waals surface area contributed by atoms with Crippen molar-refractivity contribution in [3.63, 3.8) is 0 Å². The lowest BCUT2D eigenvalue weighted by molar-refractivity contribution is -0.135. The van der Waals surface area contributed by atoms with E-state index in [2.05, 4.69) is 12.2 Å². The molecule has 1 saturated heterocycles. The molecule has 1 saturated carbocycles. The number of anilines is 1. The van der Waals surface area contributed by atoms with Gasteiger partial charge in [-0.05, 0) is 37.3 Å². The number of hydrogen-bond acceptors (Lipinski definition) is 4. The lowest BCUT2D eigenvalue weighted by atomic mass is 10.00. The van der Waals surface area contributed by atoms with Crippen molar-refractivity contribution in [2.24, 2.45) is 17.8 Å². The van der Waals surface area contributed by atoms with E-state index in [4.69, 9.17) is 9.47 Å². The van der Waals surface area contributed by atoms with Crippen LogP contribution in [0, 0.1) is 17.8 Å². The predicted molar refractivity (Wildman–Crippen MR) is 92.6 cm³/mol. The van der Waals surface area contributed by atoms with Crippen molar-refractivity contribution < 1.29 is 19.1 Å². The molecular weight excluding hydrogens is 320 g/mol. The number of carbonyl (C=O) groups is 2. The van der Waals surface area contributed by atoms with Crippen LogP contribution in [0.15, 0.2) is 18.2 Å². The quantitative estimate of drug-likeness (QED) is 0.913. The zero-order chi connectivity index (χ0) is 17.4. The molecule has 134 valence electrons. The Balaban J connectivity index is 1.34. The van der Waals surface area contributed by atoms with Gasteiger partial charge in [-0.3, -0.25) is 9.59 Å². The molecule has 1 aromatic carbocycles. The summed E-state index contributed by atoms with van der Waals surface area (Å²) in [5, 5.41) is 2.91. The van der Waals surface area contributed by atoms with Crippen LogP contribution >= 0.6 is 0 Å². The third-order valence-electron chi connectivity index (χ3n) is 5.22. The molecule has 2 heterocycles. The van der Waals surface area contributed by atoms with Gasteiger partial charge >= 0.3 is 0 Å². The molecule has 0 spiro atoms. The Morgan fingerprint density at radius 3 is 2.76 bits per heavy atom. The van der Waals surface area contributed by atoms with Crippen LogP contribution < -0.4 is 14.8 Å². The second-order valence-electron chi connectivity index (χ2n) is 7.33. The number of nitrogens with one attached hydrogen (secondary N) is 1. The van der Waals surface area contributed by atoms with Crippen molar-refractivity contribution in [2.75, 3.05) is 31.6 Å². The number of piperidine rings is 1. The first-order valence-corrected chi connectivity index (χ1v) is 9.11. The molecular formula is C19H24N2O4. The summed E-state index contributed by atoms with van der Waals surface area (Å²) >= 11 is 0. The summed E-state index contributed by atoms with van der Waals surface area (Å²) in [7, 11) is 0. The highest BCUT2D eigenvalue weighted by Crippen LogP contribution is 2.42. The highest BCUT2D eigenvalue weighted by atomic mass is 16.6. The second-order valence-corrected chi connectivity index (χ2v) is 7.33. The Morgan fingerprint density at radius 1 is 1.16 bits per heavy atom. The molecule has 1 aromatic rings. The molecule has 1 aliphatic carbocycles. The topological polar surface area (TPSA) is 67.9 Å². The van der Waals surface area contributed by atoms with Gasteiger partial charge in [0.25, 0.3) is 0 Å². The lowest BCUT2D eigenvalue weighted by Crippen LogP contribution is -2.40. The Hall–Kier alpha value is -2.24. The van der Waals surface area contributed by atoms with Crippen LogP contribution in [0.1, 0.15) is 26.2 Å². The van der Waals surface area contributed by atoms with E-state index in [1.54, 1.807) is 18.2 Å². The number of amides is 2. The largest absolute Gasteiger partial charge is 0.486 e. The highest BCUT2D eigenvalue weighted by Gasteiger charge is 2.49. The Kier molecular flexibility index (Phi) is 4.27. The minimum absolute atomic E-state index is 0.0833. The molecule has 6 nitrogen and oxygen atoms in total. The van der Waals surface area contributed by atoms with Crippen molar-refractivity contribution in [2.45, 2.75) is 26.2 Å². The monoisotopic (exact) mass is 344 g/mol.